The first-order chi connectivity index (χ1) is 9.65. The van der Waals surface area contributed by atoms with Crippen LogP contribution in [0.25, 0.3) is 0 Å². The van der Waals surface area contributed by atoms with E-state index in [9.17, 15) is 4.79 Å². The summed E-state index contributed by atoms with van der Waals surface area (Å²) < 4.78 is 5.09. The Morgan fingerprint density at radius 2 is 1.95 bits per heavy atom. The predicted octanol–water partition coefficient (Wildman–Crippen LogP) is 2.57. The SMILES string of the molecule is CCCCCCCC(C)(C(=O)OC)N1CCCNCC1. The molecule has 1 unspecified atom stereocenters. The van der Waals surface area contributed by atoms with Crippen LogP contribution in [0.1, 0.15) is 58.8 Å². The third-order valence-electron chi connectivity index (χ3n) is 4.43. The number of hydrogen-bond acceptors (Lipinski definition) is 4. The summed E-state index contributed by atoms with van der Waals surface area (Å²) in [6.45, 7) is 8.20. The number of ether oxygens (including phenoxy) is 1. The molecule has 1 heterocycles. The number of carbonyl (C=O) groups is 1. The Bertz CT molecular complexity index is 276. The molecule has 1 N–H and O–H groups in total. The molecular weight excluding hydrogens is 252 g/mol. The van der Waals surface area contributed by atoms with E-state index in [0.717, 1.165) is 45.4 Å². The van der Waals surface area contributed by atoms with E-state index in [1.165, 1.54) is 32.8 Å². The molecule has 0 aromatic carbocycles. The fourth-order valence-electron chi connectivity index (χ4n) is 3.02. The Balaban J connectivity index is 2.57. The van der Waals surface area contributed by atoms with Crippen molar-refractivity contribution in [2.24, 2.45) is 0 Å². The number of rotatable bonds is 8. The zero-order valence-corrected chi connectivity index (χ0v) is 13.5. The number of hydrogen-bond donors (Lipinski definition) is 1. The zero-order valence-electron chi connectivity index (χ0n) is 13.5. The van der Waals surface area contributed by atoms with Gasteiger partial charge in [0.15, 0.2) is 0 Å². The molecule has 1 atom stereocenters. The second-order valence-electron chi connectivity index (χ2n) is 6.02. The molecule has 0 aromatic rings. The maximum absolute atomic E-state index is 12.3. The van der Waals surface area contributed by atoms with Crippen LogP contribution in [-0.4, -0.2) is 49.7 Å². The van der Waals surface area contributed by atoms with Crippen LogP contribution < -0.4 is 5.32 Å². The standard InChI is InChI=1S/C16H32N2O2/c1-4-5-6-7-8-10-16(2,15(19)20-3)18-13-9-11-17-12-14-18/h17H,4-14H2,1-3H3. The predicted molar refractivity (Wildman–Crippen MR) is 82.9 cm³/mol. The quantitative estimate of drug-likeness (QED) is 0.549. The summed E-state index contributed by atoms with van der Waals surface area (Å²) in [6, 6.07) is 0. The smallest absolute Gasteiger partial charge is 0.325 e. The molecule has 20 heavy (non-hydrogen) atoms. The Labute approximate surface area is 124 Å². The minimum absolute atomic E-state index is 0.0742. The van der Waals surface area contributed by atoms with Gasteiger partial charge in [-0.25, -0.2) is 0 Å². The summed E-state index contributed by atoms with van der Waals surface area (Å²) in [5, 5.41) is 3.40. The van der Waals surface area contributed by atoms with Crippen molar-refractivity contribution >= 4 is 5.97 Å². The highest BCUT2D eigenvalue weighted by molar-refractivity contribution is 5.80. The van der Waals surface area contributed by atoms with Crippen LogP contribution in [0.5, 0.6) is 0 Å². The summed E-state index contributed by atoms with van der Waals surface area (Å²) in [6.07, 6.45) is 8.15. The van der Waals surface area contributed by atoms with Crippen LogP contribution in [0.15, 0.2) is 0 Å². The van der Waals surface area contributed by atoms with E-state index in [1.54, 1.807) is 0 Å². The van der Waals surface area contributed by atoms with E-state index < -0.39 is 5.54 Å². The minimum atomic E-state index is -0.451. The van der Waals surface area contributed by atoms with Gasteiger partial charge in [-0.1, -0.05) is 39.0 Å². The summed E-state index contributed by atoms with van der Waals surface area (Å²) >= 11 is 0. The van der Waals surface area contributed by atoms with Crippen LogP contribution in [0.3, 0.4) is 0 Å². The van der Waals surface area contributed by atoms with Gasteiger partial charge in [-0.05, 0) is 26.3 Å². The van der Waals surface area contributed by atoms with E-state index >= 15 is 0 Å². The van der Waals surface area contributed by atoms with Gasteiger partial charge < -0.3 is 10.1 Å². The lowest BCUT2D eigenvalue weighted by atomic mass is 9.91. The van der Waals surface area contributed by atoms with E-state index in [1.807, 2.05) is 0 Å². The van der Waals surface area contributed by atoms with Gasteiger partial charge in [-0.2, -0.15) is 0 Å². The van der Waals surface area contributed by atoms with Gasteiger partial charge in [-0.3, -0.25) is 9.69 Å². The topological polar surface area (TPSA) is 41.6 Å². The van der Waals surface area contributed by atoms with Crippen LogP contribution in [0, 0.1) is 0 Å². The van der Waals surface area contributed by atoms with E-state index in [4.69, 9.17) is 4.74 Å². The fraction of sp³-hybridized carbons (Fsp3) is 0.938. The fourth-order valence-corrected chi connectivity index (χ4v) is 3.02. The van der Waals surface area contributed by atoms with Crippen LogP contribution >= 0.6 is 0 Å². The lowest BCUT2D eigenvalue weighted by Crippen LogP contribution is -2.54. The maximum atomic E-state index is 12.3. The van der Waals surface area contributed by atoms with Crippen molar-refractivity contribution in [2.45, 2.75) is 64.3 Å². The van der Waals surface area contributed by atoms with E-state index in [-0.39, 0.29) is 5.97 Å². The molecule has 0 amide bonds. The lowest BCUT2D eigenvalue weighted by Gasteiger charge is -2.38. The molecule has 4 heteroatoms. The normalized spacial score (nSPS) is 20.1. The van der Waals surface area contributed by atoms with Gasteiger partial charge in [0, 0.05) is 19.6 Å². The molecule has 0 radical (unpaired) electrons. The molecule has 118 valence electrons. The lowest BCUT2D eigenvalue weighted by molar-refractivity contribution is -0.155. The average molecular weight is 284 g/mol. The summed E-state index contributed by atoms with van der Waals surface area (Å²) in [5.74, 6) is -0.0742. The van der Waals surface area contributed by atoms with Gasteiger partial charge in [0.05, 0.1) is 7.11 Å². The van der Waals surface area contributed by atoms with Crippen molar-refractivity contribution in [3.05, 3.63) is 0 Å². The van der Waals surface area contributed by atoms with E-state index in [0.29, 0.717) is 0 Å². The van der Waals surface area contributed by atoms with Gasteiger partial charge in [0.2, 0.25) is 0 Å². The van der Waals surface area contributed by atoms with E-state index in [2.05, 4.69) is 24.1 Å². The Kier molecular flexibility index (Phi) is 8.15. The van der Waals surface area contributed by atoms with Crippen molar-refractivity contribution in [3.63, 3.8) is 0 Å². The highest BCUT2D eigenvalue weighted by Crippen LogP contribution is 2.25. The first kappa shape index (κ1) is 17.4. The van der Waals surface area contributed by atoms with Crippen molar-refractivity contribution in [1.82, 2.24) is 10.2 Å². The van der Waals surface area contributed by atoms with Gasteiger partial charge in [0.1, 0.15) is 5.54 Å². The third-order valence-corrected chi connectivity index (χ3v) is 4.43. The second kappa shape index (κ2) is 9.35. The molecule has 0 aromatic heterocycles. The Morgan fingerprint density at radius 1 is 1.20 bits per heavy atom. The van der Waals surface area contributed by atoms with Gasteiger partial charge in [-0.15, -0.1) is 0 Å². The average Bonchev–Trinajstić information content (AvgIpc) is 2.75. The Morgan fingerprint density at radius 3 is 2.65 bits per heavy atom. The van der Waals surface area contributed by atoms with Crippen LogP contribution in [0.4, 0.5) is 0 Å². The molecule has 0 aliphatic carbocycles. The monoisotopic (exact) mass is 284 g/mol. The van der Waals surface area contributed by atoms with Gasteiger partial charge in [0.25, 0.3) is 0 Å². The number of carbonyl (C=O) groups excluding carboxylic acids is 1. The minimum Gasteiger partial charge on any atom is -0.468 e. The third kappa shape index (κ3) is 5.06. The Hall–Kier alpha value is -0.610. The summed E-state index contributed by atoms with van der Waals surface area (Å²) in [5.41, 5.74) is -0.451. The molecule has 1 aliphatic rings. The number of unbranched alkanes of at least 4 members (excludes halogenated alkanes) is 4. The zero-order chi connectivity index (χ0) is 14.8. The summed E-state index contributed by atoms with van der Waals surface area (Å²) in [4.78, 5) is 14.6. The molecule has 1 saturated heterocycles. The van der Waals surface area contributed by atoms with Gasteiger partial charge >= 0.3 is 5.97 Å². The molecule has 1 rings (SSSR count). The van der Waals surface area contributed by atoms with Crippen molar-refractivity contribution < 1.29 is 9.53 Å². The molecule has 0 saturated carbocycles. The van der Waals surface area contributed by atoms with Crippen molar-refractivity contribution in [2.75, 3.05) is 33.3 Å². The molecule has 0 spiro atoms. The molecular formula is C16H32N2O2. The molecule has 0 bridgehead atoms. The molecule has 1 aliphatic heterocycles. The van der Waals surface area contributed by atoms with Crippen LogP contribution in [0.2, 0.25) is 0 Å². The second-order valence-corrected chi connectivity index (χ2v) is 6.02. The highest BCUT2D eigenvalue weighted by Gasteiger charge is 2.39. The van der Waals surface area contributed by atoms with Crippen molar-refractivity contribution in [3.8, 4) is 0 Å². The molecule has 1 fully saturated rings. The largest absolute Gasteiger partial charge is 0.468 e. The number of nitrogens with zero attached hydrogens (tertiary/aromatic N) is 1. The maximum Gasteiger partial charge on any atom is 0.325 e. The number of nitrogens with one attached hydrogen (secondary N) is 1. The van der Waals surface area contributed by atoms with Crippen LogP contribution in [-0.2, 0) is 9.53 Å². The highest BCUT2D eigenvalue weighted by atomic mass is 16.5. The molecule has 4 nitrogen and oxygen atoms in total. The van der Waals surface area contributed by atoms with Crippen molar-refractivity contribution in [1.29, 1.82) is 0 Å². The summed E-state index contributed by atoms with van der Waals surface area (Å²) in [7, 11) is 1.51. The first-order valence-corrected chi connectivity index (χ1v) is 8.19. The number of methoxy groups -OCH3 is 1. The first-order valence-electron chi connectivity index (χ1n) is 8.19. The number of esters is 1.